The van der Waals surface area contributed by atoms with Gasteiger partial charge in [-0.2, -0.15) is 0 Å². The molecule has 1 fully saturated rings. The highest BCUT2D eigenvalue weighted by molar-refractivity contribution is 4.74. The van der Waals surface area contributed by atoms with E-state index >= 15 is 0 Å². The molecule has 0 amide bonds. The molecule has 0 saturated heterocycles. The van der Waals surface area contributed by atoms with E-state index in [2.05, 4.69) is 19.2 Å². The molecule has 2 unspecified atom stereocenters. The number of nitrogens with one attached hydrogen (secondary N) is 1. The first-order chi connectivity index (χ1) is 8.13. The summed E-state index contributed by atoms with van der Waals surface area (Å²) < 4.78 is 10.6. The number of hydrogen-bond acceptors (Lipinski definition) is 4. The summed E-state index contributed by atoms with van der Waals surface area (Å²) in [6.45, 7) is 6.77. The van der Waals surface area contributed by atoms with Crippen molar-refractivity contribution in [2.24, 2.45) is 11.8 Å². The van der Waals surface area contributed by atoms with Crippen molar-refractivity contribution in [3.63, 3.8) is 0 Å². The van der Waals surface area contributed by atoms with E-state index in [-0.39, 0.29) is 6.04 Å². The van der Waals surface area contributed by atoms with Crippen LogP contribution in [0.5, 0.6) is 0 Å². The van der Waals surface area contributed by atoms with Crippen molar-refractivity contribution < 1.29 is 14.6 Å². The summed E-state index contributed by atoms with van der Waals surface area (Å²) in [7, 11) is 1.70. The van der Waals surface area contributed by atoms with E-state index in [9.17, 15) is 5.11 Å². The minimum Gasteiger partial charge on any atom is -0.389 e. The molecule has 0 heterocycles. The van der Waals surface area contributed by atoms with Crippen LogP contribution in [0.15, 0.2) is 0 Å². The Morgan fingerprint density at radius 1 is 1.29 bits per heavy atom. The van der Waals surface area contributed by atoms with E-state index in [0.29, 0.717) is 25.7 Å². The second kappa shape index (κ2) is 8.03. The molecule has 0 radical (unpaired) electrons. The van der Waals surface area contributed by atoms with Crippen molar-refractivity contribution in [1.82, 2.24) is 5.32 Å². The van der Waals surface area contributed by atoms with Gasteiger partial charge in [-0.25, -0.2) is 0 Å². The smallest absolute Gasteiger partial charge is 0.0897 e. The van der Waals surface area contributed by atoms with Crippen LogP contribution < -0.4 is 5.32 Å². The van der Waals surface area contributed by atoms with Crippen molar-refractivity contribution in [1.29, 1.82) is 0 Å². The molecule has 4 nitrogen and oxygen atoms in total. The predicted octanol–water partition coefficient (Wildman–Crippen LogP) is 1.03. The van der Waals surface area contributed by atoms with Gasteiger partial charge in [-0.05, 0) is 24.7 Å². The van der Waals surface area contributed by atoms with E-state index in [0.717, 1.165) is 12.5 Å². The third-order valence-corrected chi connectivity index (χ3v) is 3.13. The van der Waals surface area contributed by atoms with Crippen molar-refractivity contribution >= 4 is 0 Å². The zero-order chi connectivity index (χ0) is 12.7. The Morgan fingerprint density at radius 3 is 2.53 bits per heavy atom. The highest BCUT2D eigenvalue weighted by atomic mass is 16.5. The van der Waals surface area contributed by atoms with Gasteiger partial charge in [0.25, 0.3) is 0 Å². The molecule has 0 aromatic carbocycles. The molecule has 2 atom stereocenters. The van der Waals surface area contributed by atoms with Crippen LogP contribution in [0.3, 0.4) is 0 Å². The van der Waals surface area contributed by atoms with Gasteiger partial charge in [0.2, 0.25) is 0 Å². The lowest BCUT2D eigenvalue weighted by molar-refractivity contribution is 0.0281. The molecule has 0 aliphatic heterocycles. The summed E-state index contributed by atoms with van der Waals surface area (Å²) >= 11 is 0. The van der Waals surface area contributed by atoms with Crippen molar-refractivity contribution in [3.05, 3.63) is 0 Å². The highest BCUT2D eigenvalue weighted by Gasteiger charge is 2.21. The number of aliphatic hydroxyl groups is 1. The van der Waals surface area contributed by atoms with E-state index in [1.165, 1.54) is 12.8 Å². The van der Waals surface area contributed by atoms with Gasteiger partial charge in [0, 0.05) is 26.3 Å². The van der Waals surface area contributed by atoms with Crippen LogP contribution in [0.4, 0.5) is 0 Å². The molecule has 0 aromatic heterocycles. The first-order valence-corrected chi connectivity index (χ1v) is 6.61. The Hall–Kier alpha value is -0.160. The van der Waals surface area contributed by atoms with E-state index in [1.54, 1.807) is 7.11 Å². The Morgan fingerprint density at radius 2 is 2.00 bits per heavy atom. The monoisotopic (exact) mass is 245 g/mol. The Labute approximate surface area is 105 Å². The molecule has 1 aliphatic rings. The van der Waals surface area contributed by atoms with E-state index in [1.807, 2.05) is 0 Å². The molecular formula is C13H27NO3. The van der Waals surface area contributed by atoms with Gasteiger partial charge in [-0.1, -0.05) is 13.8 Å². The zero-order valence-electron chi connectivity index (χ0n) is 11.3. The average molecular weight is 245 g/mol. The van der Waals surface area contributed by atoms with Crippen molar-refractivity contribution in [2.75, 3.05) is 33.5 Å². The number of aliphatic hydroxyl groups excluding tert-OH is 1. The fourth-order valence-corrected chi connectivity index (χ4v) is 1.67. The van der Waals surface area contributed by atoms with Crippen LogP contribution in [-0.4, -0.2) is 50.7 Å². The van der Waals surface area contributed by atoms with Crippen molar-refractivity contribution in [3.8, 4) is 0 Å². The summed E-state index contributed by atoms with van der Waals surface area (Å²) in [5.74, 6) is 1.25. The first-order valence-electron chi connectivity index (χ1n) is 6.61. The molecule has 17 heavy (non-hydrogen) atoms. The minimum absolute atomic E-state index is 0.290. The quantitative estimate of drug-likeness (QED) is 0.604. The molecule has 102 valence electrons. The average Bonchev–Trinajstić information content (AvgIpc) is 3.07. The maximum atomic E-state index is 9.75. The Bertz CT molecular complexity index is 195. The second-order valence-corrected chi connectivity index (χ2v) is 5.35. The third-order valence-electron chi connectivity index (χ3n) is 3.13. The van der Waals surface area contributed by atoms with Crippen LogP contribution in [0, 0.1) is 11.8 Å². The molecule has 4 heteroatoms. The summed E-state index contributed by atoms with van der Waals surface area (Å²) in [6, 6.07) is 0.290. The molecule has 1 aliphatic carbocycles. The van der Waals surface area contributed by atoms with Crippen LogP contribution >= 0.6 is 0 Å². The topological polar surface area (TPSA) is 50.7 Å². The predicted molar refractivity (Wildman–Crippen MR) is 68.1 cm³/mol. The zero-order valence-corrected chi connectivity index (χ0v) is 11.3. The summed E-state index contributed by atoms with van der Waals surface area (Å²) in [6.07, 6.45) is 2.15. The fraction of sp³-hybridized carbons (Fsp3) is 1.00. The second-order valence-electron chi connectivity index (χ2n) is 5.35. The molecule has 0 spiro atoms. The van der Waals surface area contributed by atoms with E-state index in [4.69, 9.17) is 9.47 Å². The van der Waals surface area contributed by atoms with Crippen LogP contribution in [0.1, 0.15) is 26.7 Å². The number of ether oxygens (including phenoxy) is 2. The normalized spacial score (nSPS) is 19.6. The van der Waals surface area contributed by atoms with Gasteiger partial charge in [0.1, 0.15) is 0 Å². The van der Waals surface area contributed by atoms with Crippen LogP contribution in [-0.2, 0) is 9.47 Å². The van der Waals surface area contributed by atoms with Crippen LogP contribution in [0.2, 0.25) is 0 Å². The first kappa shape index (κ1) is 14.9. The highest BCUT2D eigenvalue weighted by Crippen LogP contribution is 2.28. The molecular weight excluding hydrogens is 218 g/mol. The Balaban J connectivity index is 2.04. The lowest BCUT2D eigenvalue weighted by Gasteiger charge is -2.23. The Kier molecular flexibility index (Phi) is 7.04. The molecule has 1 rings (SSSR count). The van der Waals surface area contributed by atoms with Gasteiger partial charge < -0.3 is 19.9 Å². The maximum absolute atomic E-state index is 9.75. The van der Waals surface area contributed by atoms with Gasteiger partial charge in [-0.15, -0.1) is 0 Å². The standard InChI is InChI=1S/C13H27NO3/c1-10(2)13(9-16-3)14-6-12(15)8-17-7-11-4-5-11/h10-15H,4-9H2,1-3H3. The van der Waals surface area contributed by atoms with Crippen molar-refractivity contribution in [2.45, 2.75) is 38.8 Å². The fourth-order valence-electron chi connectivity index (χ4n) is 1.67. The number of rotatable bonds is 10. The SMILES string of the molecule is COCC(NCC(O)COCC1CC1)C(C)C. The third kappa shape index (κ3) is 6.99. The van der Waals surface area contributed by atoms with Crippen LogP contribution in [0.25, 0.3) is 0 Å². The summed E-state index contributed by atoms with van der Waals surface area (Å²) in [4.78, 5) is 0. The van der Waals surface area contributed by atoms with Gasteiger partial charge in [0.15, 0.2) is 0 Å². The molecule has 0 bridgehead atoms. The van der Waals surface area contributed by atoms with Gasteiger partial charge in [0.05, 0.1) is 19.3 Å². The summed E-state index contributed by atoms with van der Waals surface area (Å²) in [5.41, 5.74) is 0. The summed E-state index contributed by atoms with van der Waals surface area (Å²) in [5, 5.41) is 13.1. The molecule has 2 N–H and O–H groups in total. The number of hydrogen-bond donors (Lipinski definition) is 2. The van der Waals surface area contributed by atoms with Gasteiger partial charge >= 0.3 is 0 Å². The maximum Gasteiger partial charge on any atom is 0.0897 e. The van der Waals surface area contributed by atoms with Gasteiger partial charge in [-0.3, -0.25) is 0 Å². The lowest BCUT2D eigenvalue weighted by Crippen LogP contribution is -2.42. The minimum atomic E-state index is -0.424. The lowest BCUT2D eigenvalue weighted by atomic mass is 10.1. The largest absolute Gasteiger partial charge is 0.389 e. The van der Waals surface area contributed by atoms with E-state index < -0.39 is 6.10 Å². The molecule has 1 saturated carbocycles. The number of methoxy groups -OCH3 is 1. The molecule has 0 aromatic rings.